The molecule has 0 amide bonds. The molecular formula is C50H32N2. The molecular weight excluding hydrogens is 629 g/mol. The molecule has 0 saturated heterocycles. The Balaban J connectivity index is 1.21. The summed E-state index contributed by atoms with van der Waals surface area (Å²) in [6.07, 6.45) is 0. The van der Waals surface area contributed by atoms with Crippen molar-refractivity contribution in [2.45, 2.75) is 0 Å². The molecule has 0 fully saturated rings. The highest BCUT2D eigenvalue weighted by atomic mass is 15.1. The van der Waals surface area contributed by atoms with Crippen molar-refractivity contribution in [1.29, 1.82) is 0 Å². The van der Waals surface area contributed by atoms with Crippen LogP contribution in [0.4, 0.5) is 17.1 Å². The van der Waals surface area contributed by atoms with Crippen molar-refractivity contribution >= 4 is 92.7 Å². The number of hydrogen-bond acceptors (Lipinski definition) is 1. The lowest BCUT2D eigenvalue weighted by molar-refractivity contribution is 1.20. The van der Waals surface area contributed by atoms with Gasteiger partial charge in [0.25, 0.3) is 0 Å². The van der Waals surface area contributed by atoms with Crippen LogP contribution in [-0.2, 0) is 0 Å². The van der Waals surface area contributed by atoms with E-state index in [1.54, 1.807) is 0 Å². The molecule has 0 spiro atoms. The van der Waals surface area contributed by atoms with Crippen LogP contribution in [0.3, 0.4) is 0 Å². The molecule has 11 aromatic rings. The highest BCUT2D eigenvalue weighted by Gasteiger charge is 2.21. The number of fused-ring (bicyclic) bond motifs is 10. The molecule has 1 aromatic heterocycles. The molecule has 1 heterocycles. The van der Waals surface area contributed by atoms with Gasteiger partial charge in [0.1, 0.15) is 0 Å². The zero-order valence-electron chi connectivity index (χ0n) is 28.4. The van der Waals surface area contributed by atoms with Crippen molar-refractivity contribution in [3.8, 4) is 5.69 Å². The fourth-order valence-electron chi connectivity index (χ4n) is 8.61. The van der Waals surface area contributed by atoms with E-state index in [2.05, 4.69) is 204 Å². The van der Waals surface area contributed by atoms with Gasteiger partial charge in [0.05, 0.1) is 28.1 Å². The SMILES string of the molecule is c1ccc2c(N(c3ccc4c(c3)c3ccccc3n4-c3cccc4ccccc34)c3cccc4c3ccc3c5ccccc5ccc43)cccc2c1. The van der Waals surface area contributed by atoms with Crippen LogP contribution >= 0.6 is 0 Å². The van der Waals surface area contributed by atoms with Gasteiger partial charge in [-0.25, -0.2) is 0 Å². The zero-order chi connectivity index (χ0) is 34.2. The standard InChI is InChI=1S/C50H32N2/c1-4-17-37-35(14-1)26-28-42-40-21-11-25-48(44(40)30-29-41(37)42)51(46-23-9-15-33-12-2-5-18-38(33)46)36-27-31-50-45(32-36)43-20-7-8-22-49(43)52(50)47-24-10-16-34-13-3-6-19-39(34)47/h1-32H. The van der Waals surface area contributed by atoms with Crippen LogP contribution < -0.4 is 4.90 Å². The highest BCUT2D eigenvalue weighted by molar-refractivity contribution is 6.20. The van der Waals surface area contributed by atoms with E-state index in [0.717, 1.165) is 17.1 Å². The number of anilines is 3. The van der Waals surface area contributed by atoms with Gasteiger partial charge < -0.3 is 9.47 Å². The van der Waals surface area contributed by atoms with Crippen molar-refractivity contribution < 1.29 is 0 Å². The molecule has 0 saturated carbocycles. The van der Waals surface area contributed by atoms with E-state index in [1.807, 2.05) is 0 Å². The Kier molecular flexibility index (Phi) is 6.28. The van der Waals surface area contributed by atoms with E-state index in [-0.39, 0.29) is 0 Å². The maximum Gasteiger partial charge on any atom is 0.0542 e. The Morgan fingerprint density at radius 1 is 0.288 bits per heavy atom. The lowest BCUT2D eigenvalue weighted by atomic mass is 9.95. The van der Waals surface area contributed by atoms with Gasteiger partial charge in [-0.05, 0) is 80.2 Å². The minimum absolute atomic E-state index is 1.12. The van der Waals surface area contributed by atoms with Crippen LogP contribution in [0, 0.1) is 0 Å². The average Bonchev–Trinajstić information content (AvgIpc) is 3.54. The van der Waals surface area contributed by atoms with E-state index in [0.29, 0.717) is 0 Å². The van der Waals surface area contributed by atoms with Gasteiger partial charge in [0, 0.05) is 32.6 Å². The van der Waals surface area contributed by atoms with Gasteiger partial charge in [0.15, 0.2) is 0 Å². The summed E-state index contributed by atoms with van der Waals surface area (Å²) in [5.41, 5.74) is 7.01. The van der Waals surface area contributed by atoms with E-state index in [1.165, 1.54) is 81.4 Å². The maximum atomic E-state index is 2.47. The van der Waals surface area contributed by atoms with Crippen LogP contribution in [0.25, 0.3) is 81.4 Å². The maximum absolute atomic E-state index is 2.47. The second-order valence-electron chi connectivity index (χ2n) is 13.7. The lowest BCUT2D eigenvalue weighted by Crippen LogP contribution is -2.11. The second-order valence-corrected chi connectivity index (χ2v) is 13.7. The first-order valence-corrected chi connectivity index (χ1v) is 17.9. The molecule has 0 atom stereocenters. The molecule has 0 unspecified atom stereocenters. The van der Waals surface area contributed by atoms with E-state index in [4.69, 9.17) is 0 Å². The molecule has 0 radical (unpaired) electrons. The molecule has 0 bridgehead atoms. The van der Waals surface area contributed by atoms with Gasteiger partial charge >= 0.3 is 0 Å². The quantitative estimate of drug-likeness (QED) is 0.171. The predicted molar refractivity (Wildman–Crippen MR) is 223 cm³/mol. The second kappa shape index (κ2) is 11.3. The molecule has 11 rings (SSSR count). The third-order valence-electron chi connectivity index (χ3n) is 10.9. The number of benzene rings is 10. The molecule has 0 aliphatic rings. The van der Waals surface area contributed by atoms with Crippen LogP contribution in [0.5, 0.6) is 0 Å². The molecule has 242 valence electrons. The first kappa shape index (κ1) is 28.9. The molecule has 2 nitrogen and oxygen atoms in total. The largest absolute Gasteiger partial charge is 0.309 e. The topological polar surface area (TPSA) is 8.17 Å². The van der Waals surface area contributed by atoms with E-state index in [9.17, 15) is 0 Å². The van der Waals surface area contributed by atoms with Crippen molar-refractivity contribution in [3.63, 3.8) is 0 Å². The zero-order valence-corrected chi connectivity index (χ0v) is 28.4. The summed E-state index contributed by atoms with van der Waals surface area (Å²) < 4.78 is 2.44. The number of rotatable bonds is 4. The van der Waals surface area contributed by atoms with E-state index < -0.39 is 0 Å². The first-order valence-electron chi connectivity index (χ1n) is 17.9. The van der Waals surface area contributed by atoms with Crippen LogP contribution in [0.1, 0.15) is 0 Å². The Labute approximate surface area is 301 Å². The smallest absolute Gasteiger partial charge is 0.0542 e. The minimum atomic E-state index is 1.12. The summed E-state index contributed by atoms with van der Waals surface area (Å²) in [4.78, 5) is 2.47. The summed E-state index contributed by atoms with van der Waals surface area (Å²) in [5.74, 6) is 0. The summed E-state index contributed by atoms with van der Waals surface area (Å²) in [5, 5.41) is 14.9. The Morgan fingerprint density at radius 3 is 1.62 bits per heavy atom. The van der Waals surface area contributed by atoms with E-state index >= 15 is 0 Å². The Bertz CT molecular complexity index is 3190. The third-order valence-corrected chi connectivity index (χ3v) is 10.9. The van der Waals surface area contributed by atoms with Crippen LogP contribution in [0.15, 0.2) is 194 Å². The average molecular weight is 661 g/mol. The van der Waals surface area contributed by atoms with Crippen molar-refractivity contribution in [2.24, 2.45) is 0 Å². The summed E-state index contributed by atoms with van der Waals surface area (Å²) in [7, 11) is 0. The molecule has 0 N–H and O–H groups in total. The van der Waals surface area contributed by atoms with Crippen molar-refractivity contribution in [1.82, 2.24) is 4.57 Å². The van der Waals surface area contributed by atoms with Crippen molar-refractivity contribution in [2.75, 3.05) is 4.90 Å². The molecule has 0 aliphatic carbocycles. The van der Waals surface area contributed by atoms with Crippen LogP contribution in [0.2, 0.25) is 0 Å². The summed E-state index contributed by atoms with van der Waals surface area (Å²) in [6.45, 7) is 0. The van der Waals surface area contributed by atoms with Crippen molar-refractivity contribution in [3.05, 3.63) is 194 Å². The number of nitrogens with zero attached hydrogens (tertiary/aromatic N) is 2. The van der Waals surface area contributed by atoms with Gasteiger partial charge in [-0.2, -0.15) is 0 Å². The summed E-state index contributed by atoms with van der Waals surface area (Å²) in [6, 6.07) is 71.1. The third kappa shape index (κ3) is 4.25. The normalized spacial score (nSPS) is 11.8. The molecule has 2 heteroatoms. The first-order chi connectivity index (χ1) is 25.8. The molecule has 10 aromatic carbocycles. The number of aromatic nitrogens is 1. The fraction of sp³-hybridized carbons (Fsp3) is 0. The Hall–Kier alpha value is -6.90. The number of para-hydroxylation sites is 1. The van der Waals surface area contributed by atoms with Gasteiger partial charge in [-0.1, -0.05) is 152 Å². The molecule has 0 aliphatic heterocycles. The highest BCUT2D eigenvalue weighted by Crippen LogP contribution is 2.45. The lowest BCUT2D eigenvalue weighted by Gasteiger charge is -2.28. The van der Waals surface area contributed by atoms with Crippen LogP contribution in [-0.4, -0.2) is 4.57 Å². The Morgan fingerprint density at radius 2 is 0.788 bits per heavy atom. The monoisotopic (exact) mass is 660 g/mol. The number of hydrogen-bond donors (Lipinski definition) is 0. The van der Waals surface area contributed by atoms with Gasteiger partial charge in [-0.3, -0.25) is 0 Å². The van der Waals surface area contributed by atoms with Gasteiger partial charge in [-0.15, -0.1) is 0 Å². The fourth-order valence-corrected chi connectivity index (χ4v) is 8.61. The molecule has 52 heavy (non-hydrogen) atoms. The predicted octanol–water partition coefficient (Wildman–Crippen LogP) is 14.0. The summed E-state index contributed by atoms with van der Waals surface area (Å²) >= 11 is 0. The minimum Gasteiger partial charge on any atom is -0.309 e. The van der Waals surface area contributed by atoms with Gasteiger partial charge in [0.2, 0.25) is 0 Å².